The summed E-state index contributed by atoms with van der Waals surface area (Å²) in [6.07, 6.45) is 3.33. The Morgan fingerprint density at radius 3 is 2.45 bits per heavy atom. The van der Waals surface area contributed by atoms with Crippen molar-refractivity contribution < 1.29 is 19.1 Å². The first-order valence-electron chi connectivity index (χ1n) is 10.2. The lowest BCUT2D eigenvalue weighted by molar-refractivity contribution is -0.115. The van der Waals surface area contributed by atoms with E-state index in [2.05, 4.69) is 15.3 Å². The second-order valence-corrected chi connectivity index (χ2v) is 8.32. The van der Waals surface area contributed by atoms with Gasteiger partial charge in [0.25, 0.3) is 11.1 Å². The van der Waals surface area contributed by atoms with Crippen molar-refractivity contribution in [3.8, 4) is 17.4 Å². The number of carbonyl (C=O) groups is 2. The van der Waals surface area contributed by atoms with E-state index >= 15 is 0 Å². The van der Waals surface area contributed by atoms with Crippen LogP contribution in [0, 0.1) is 6.92 Å². The molecule has 2 aromatic carbocycles. The van der Waals surface area contributed by atoms with Crippen LogP contribution >= 0.6 is 11.8 Å². The highest BCUT2D eigenvalue weighted by molar-refractivity contribution is 8.18. The van der Waals surface area contributed by atoms with Gasteiger partial charge in [-0.2, -0.15) is 4.98 Å². The summed E-state index contributed by atoms with van der Waals surface area (Å²) in [5.41, 5.74) is 1.97. The van der Waals surface area contributed by atoms with Crippen molar-refractivity contribution in [2.24, 2.45) is 0 Å². The number of likely N-dealkylation sites (N-methyl/N-ethyl adjacent to an activating group) is 1. The Kier molecular flexibility index (Phi) is 6.89. The molecule has 3 aromatic rings. The number of carbonyl (C=O) groups excluding carboxylic acids is 2. The Morgan fingerprint density at radius 1 is 1.03 bits per heavy atom. The van der Waals surface area contributed by atoms with Crippen LogP contribution in [-0.2, 0) is 4.79 Å². The maximum absolute atomic E-state index is 11.6. The van der Waals surface area contributed by atoms with Crippen LogP contribution in [0.4, 0.5) is 10.7 Å². The van der Waals surface area contributed by atoms with Crippen LogP contribution in [0.2, 0.25) is 0 Å². The lowest BCUT2D eigenvalue weighted by Gasteiger charge is -2.17. The quantitative estimate of drug-likeness (QED) is 0.492. The van der Waals surface area contributed by atoms with Crippen molar-refractivity contribution in [2.75, 3.05) is 25.1 Å². The van der Waals surface area contributed by atoms with Gasteiger partial charge in [0.15, 0.2) is 0 Å². The van der Waals surface area contributed by atoms with E-state index in [1.807, 2.05) is 67.4 Å². The summed E-state index contributed by atoms with van der Waals surface area (Å²) in [5.74, 6) is 2.05. The van der Waals surface area contributed by atoms with Crippen molar-refractivity contribution in [2.45, 2.75) is 6.92 Å². The number of ether oxygens (including phenoxy) is 2. The Bertz CT molecular complexity index is 1180. The third-order valence-corrected chi connectivity index (χ3v) is 5.53. The van der Waals surface area contributed by atoms with E-state index < -0.39 is 0 Å². The molecule has 8 nitrogen and oxygen atoms in total. The summed E-state index contributed by atoms with van der Waals surface area (Å²) >= 11 is 0.893. The van der Waals surface area contributed by atoms with Crippen LogP contribution in [0.1, 0.15) is 11.1 Å². The molecule has 1 aliphatic heterocycles. The molecular formula is C24H22N4O4S. The smallest absolute Gasteiger partial charge is 0.290 e. The van der Waals surface area contributed by atoms with Gasteiger partial charge in [-0.25, -0.2) is 4.98 Å². The molecule has 0 saturated carbocycles. The molecule has 0 spiro atoms. The Balaban J connectivity index is 1.29. The van der Waals surface area contributed by atoms with Crippen LogP contribution in [0.3, 0.4) is 0 Å². The topological polar surface area (TPSA) is 93.7 Å². The molecule has 168 valence electrons. The van der Waals surface area contributed by atoms with Gasteiger partial charge in [-0.15, -0.1) is 0 Å². The van der Waals surface area contributed by atoms with E-state index in [0.29, 0.717) is 41.4 Å². The fourth-order valence-electron chi connectivity index (χ4n) is 2.93. The van der Waals surface area contributed by atoms with E-state index in [1.54, 1.807) is 18.3 Å². The molecule has 1 aliphatic rings. The standard InChI is InChI=1S/C24H22N4O4S/c1-16-3-7-19(8-4-16)32-21-11-12-25-23(26-21)28(2)13-14-31-18-9-5-17(6-10-18)15-20-22(29)27-24(30)33-20/h3-12,15H,13-14H2,1-2H3,(H,27,29,30)/b20-15-. The van der Waals surface area contributed by atoms with Crippen LogP contribution < -0.4 is 19.7 Å². The minimum atomic E-state index is -0.371. The number of aryl methyl sites for hydroxylation is 1. The fraction of sp³-hybridized carbons (Fsp3) is 0.167. The minimum Gasteiger partial charge on any atom is -0.492 e. The maximum atomic E-state index is 11.6. The summed E-state index contributed by atoms with van der Waals surface area (Å²) in [7, 11) is 1.88. The average Bonchev–Trinajstić information content (AvgIpc) is 3.13. The second-order valence-electron chi connectivity index (χ2n) is 7.30. The van der Waals surface area contributed by atoms with Crippen LogP contribution in [0.5, 0.6) is 17.4 Å². The van der Waals surface area contributed by atoms with Crippen molar-refractivity contribution in [1.29, 1.82) is 0 Å². The van der Waals surface area contributed by atoms with Gasteiger partial charge in [0.1, 0.15) is 18.1 Å². The zero-order valence-electron chi connectivity index (χ0n) is 18.1. The third-order valence-electron chi connectivity index (χ3n) is 4.72. The second kappa shape index (κ2) is 10.2. The minimum absolute atomic E-state index is 0.355. The predicted molar refractivity (Wildman–Crippen MR) is 128 cm³/mol. The lowest BCUT2D eigenvalue weighted by atomic mass is 10.2. The molecule has 4 rings (SSSR count). The summed E-state index contributed by atoms with van der Waals surface area (Å²) in [5, 5.41) is 1.88. The van der Waals surface area contributed by atoms with Crippen LogP contribution in [0.25, 0.3) is 6.08 Å². The molecule has 33 heavy (non-hydrogen) atoms. The van der Waals surface area contributed by atoms with Crippen molar-refractivity contribution in [3.05, 3.63) is 76.8 Å². The Labute approximate surface area is 195 Å². The first-order valence-corrected chi connectivity index (χ1v) is 11.0. The molecule has 0 radical (unpaired) electrons. The van der Waals surface area contributed by atoms with E-state index in [9.17, 15) is 9.59 Å². The SMILES string of the molecule is Cc1ccc(Oc2ccnc(N(C)CCOc3ccc(/C=C4\SC(=O)NC4=O)cc3)n2)cc1. The van der Waals surface area contributed by atoms with Crippen LogP contribution in [0.15, 0.2) is 65.7 Å². The number of hydrogen-bond acceptors (Lipinski definition) is 8. The van der Waals surface area contributed by atoms with E-state index in [-0.39, 0.29) is 11.1 Å². The van der Waals surface area contributed by atoms with Gasteiger partial charge in [0, 0.05) is 19.3 Å². The molecule has 2 amide bonds. The maximum Gasteiger partial charge on any atom is 0.290 e. The number of nitrogens with zero attached hydrogens (tertiary/aromatic N) is 3. The van der Waals surface area contributed by atoms with Gasteiger partial charge in [0.05, 0.1) is 11.4 Å². The number of anilines is 1. The molecule has 1 saturated heterocycles. The first-order chi connectivity index (χ1) is 16.0. The van der Waals surface area contributed by atoms with Gasteiger partial charge < -0.3 is 14.4 Å². The number of imide groups is 1. The van der Waals surface area contributed by atoms with Gasteiger partial charge in [-0.3, -0.25) is 14.9 Å². The average molecular weight is 463 g/mol. The fourth-order valence-corrected chi connectivity index (χ4v) is 3.62. The summed E-state index contributed by atoms with van der Waals surface area (Å²) in [4.78, 5) is 33.9. The molecule has 9 heteroatoms. The number of thioether (sulfide) groups is 1. The number of benzene rings is 2. The Morgan fingerprint density at radius 2 is 1.76 bits per heavy atom. The first kappa shape index (κ1) is 22.3. The highest BCUT2D eigenvalue weighted by Crippen LogP contribution is 2.26. The molecule has 0 aliphatic carbocycles. The molecule has 0 atom stereocenters. The third kappa shape index (κ3) is 6.11. The van der Waals surface area contributed by atoms with E-state index in [1.165, 1.54) is 0 Å². The van der Waals surface area contributed by atoms with Crippen molar-refractivity contribution in [3.63, 3.8) is 0 Å². The van der Waals surface area contributed by atoms with E-state index in [0.717, 1.165) is 22.9 Å². The highest BCUT2D eigenvalue weighted by Gasteiger charge is 2.24. The number of aromatic nitrogens is 2. The number of rotatable bonds is 8. The predicted octanol–water partition coefficient (Wildman–Crippen LogP) is 4.42. The highest BCUT2D eigenvalue weighted by atomic mass is 32.2. The molecule has 0 unspecified atom stereocenters. The zero-order chi connectivity index (χ0) is 23.2. The molecule has 0 bridgehead atoms. The number of amides is 2. The van der Waals surface area contributed by atoms with Gasteiger partial charge in [-0.05, 0) is 54.6 Å². The molecule has 1 fully saturated rings. The lowest BCUT2D eigenvalue weighted by Crippen LogP contribution is -2.25. The van der Waals surface area contributed by atoms with Gasteiger partial charge in [-0.1, -0.05) is 29.8 Å². The molecule has 2 heterocycles. The largest absolute Gasteiger partial charge is 0.492 e. The summed E-state index contributed by atoms with van der Waals surface area (Å²) in [6, 6.07) is 16.8. The van der Waals surface area contributed by atoms with Crippen molar-refractivity contribution >= 4 is 34.9 Å². The monoisotopic (exact) mass is 462 g/mol. The number of nitrogens with one attached hydrogen (secondary N) is 1. The normalized spacial score (nSPS) is 14.3. The summed E-state index contributed by atoms with van der Waals surface area (Å²) < 4.78 is 11.6. The summed E-state index contributed by atoms with van der Waals surface area (Å²) in [6.45, 7) is 3.02. The van der Waals surface area contributed by atoms with Crippen molar-refractivity contribution in [1.82, 2.24) is 15.3 Å². The molecule has 1 aromatic heterocycles. The molecular weight excluding hydrogens is 440 g/mol. The Hall–Kier alpha value is -3.85. The van der Waals surface area contributed by atoms with Gasteiger partial charge in [0.2, 0.25) is 11.8 Å². The van der Waals surface area contributed by atoms with Gasteiger partial charge >= 0.3 is 0 Å². The van der Waals surface area contributed by atoms with E-state index in [4.69, 9.17) is 9.47 Å². The zero-order valence-corrected chi connectivity index (χ0v) is 19.0. The number of hydrogen-bond donors (Lipinski definition) is 1. The molecule has 1 N–H and O–H groups in total. The van der Waals surface area contributed by atoms with Crippen LogP contribution in [-0.4, -0.2) is 41.3 Å².